The van der Waals surface area contributed by atoms with Crippen molar-refractivity contribution in [3.8, 4) is 0 Å². The van der Waals surface area contributed by atoms with Crippen molar-refractivity contribution in [1.29, 1.82) is 0 Å². The van der Waals surface area contributed by atoms with Crippen LogP contribution in [0.1, 0.15) is 13.3 Å². The summed E-state index contributed by atoms with van der Waals surface area (Å²) in [7, 11) is -3.76. The lowest BCUT2D eigenvalue weighted by atomic mass is 10.4. The Kier molecular flexibility index (Phi) is 7.48. The Balaban J connectivity index is 2.61. The monoisotopic (exact) mass is 323 g/mol. The second-order valence-electron chi connectivity index (χ2n) is 4.16. The number of hydrogen-bond acceptors (Lipinski definition) is 5. The van der Waals surface area contributed by atoms with E-state index in [9.17, 15) is 17.2 Å². The Labute approximate surface area is 123 Å². The Morgan fingerprint density at radius 3 is 2.81 bits per heavy atom. The molecule has 1 aromatic rings. The molecule has 0 amide bonds. The number of ether oxygens (including phenoxy) is 1. The second-order valence-corrected chi connectivity index (χ2v) is 5.90. The molecule has 6 nitrogen and oxygen atoms in total. The Bertz CT molecular complexity index is 526. The standard InChI is InChI=1S/C12H19F2N3O3S/c1-2-4-16-10-3-5-15-8-11(10)21(18,19)17-6-7-20-9-12(13)14/h3,5,8,12,17H,2,4,6-7,9H2,1H3,(H,15,16). The summed E-state index contributed by atoms with van der Waals surface area (Å²) >= 11 is 0. The van der Waals surface area contributed by atoms with Gasteiger partial charge in [0, 0.05) is 25.5 Å². The van der Waals surface area contributed by atoms with Crippen molar-refractivity contribution in [2.24, 2.45) is 0 Å². The molecule has 2 N–H and O–H groups in total. The highest BCUT2D eigenvalue weighted by Gasteiger charge is 2.18. The molecule has 0 aliphatic carbocycles. The van der Waals surface area contributed by atoms with Crippen LogP contribution >= 0.6 is 0 Å². The number of sulfonamides is 1. The van der Waals surface area contributed by atoms with Crippen molar-refractivity contribution in [3.63, 3.8) is 0 Å². The highest BCUT2D eigenvalue weighted by atomic mass is 32.2. The van der Waals surface area contributed by atoms with E-state index in [1.165, 1.54) is 12.4 Å². The maximum absolute atomic E-state index is 12.1. The fourth-order valence-electron chi connectivity index (χ4n) is 1.50. The van der Waals surface area contributed by atoms with E-state index in [0.29, 0.717) is 12.2 Å². The molecule has 21 heavy (non-hydrogen) atoms. The van der Waals surface area contributed by atoms with Crippen molar-refractivity contribution in [3.05, 3.63) is 18.5 Å². The molecule has 0 bridgehead atoms. The SMILES string of the molecule is CCCNc1ccncc1S(=O)(=O)NCCOCC(F)F. The van der Waals surface area contributed by atoms with E-state index in [1.807, 2.05) is 6.92 Å². The van der Waals surface area contributed by atoms with Crippen molar-refractivity contribution in [1.82, 2.24) is 9.71 Å². The molecule has 1 heterocycles. The number of aromatic nitrogens is 1. The summed E-state index contributed by atoms with van der Waals surface area (Å²) in [6, 6.07) is 1.57. The lowest BCUT2D eigenvalue weighted by molar-refractivity contribution is 0.0199. The number of halogens is 2. The summed E-state index contributed by atoms with van der Waals surface area (Å²) in [5.74, 6) is 0. The van der Waals surface area contributed by atoms with Crippen molar-refractivity contribution in [2.45, 2.75) is 24.7 Å². The van der Waals surface area contributed by atoms with Crippen LogP contribution in [0.4, 0.5) is 14.5 Å². The van der Waals surface area contributed by atoms with E-state index in [4.69, 9.17) is 0 Å². The molecular weight excluding hydrogens is 304 g/mol. The van der Waals surface area contributed by atoms with Gasteiger partial charge in [-0.2, -0.15) is 0 Å². The molecule has 0 spiro atoms. The maximum atomic E-state index is 12.1. The van der Waals surface area contributed by atoms with Crippen LogP contribution in [0.3, 0.4) is 0 Å². The third kappa shape index (κ3) is 6.32. The number of nitrogens with one attached hydrogen (secondary N) is 2. The zero-order valence-corrected chi connectivity index (χ0v) is 12.5. The lowest BCUT2D eigenvalue weighted by Gasteiger charge is -2.12. The van der Waals surface area contributed by atoms with Gasteiger partial charge in [-0.25, -0.2) is 21.9 Å². The molecule has 9 heteroatoms. The van der Waals surface area contributed by atoms with E-state index >= 15 is 0 Å². The summed E-state index contributed by atoms with van der Waals surface area (Å²) in [5, 5.41) is 3.00. The molecular formula is C12H19F2N3O3S. The van der Waals surface area contributed by atoms with Gasteiger partial charge in [0.2, 0.25) is 10.0 Å². The largest absolute Gasteiger partial charge is 0.384 e. The van der Waals surface area contributed by atoms with Crippen LogP contribution in [0.15, 0.2) is 23.4 Å². The number of nitrogens with zero attached hydrogens (tertiary/aromatic N) is 1. The van der Waals surface area contributed by atoms with Gasteiger partial charge in [-0.05, 0) is 12.5 Å². The van der Waals surface area contributed by atoms with Gasteiger partial charge in [0.15, 0.2) is 0 Å². The molecule has 0 atom stereocenters. The van der Waals surface area contributed by atoms with E-state index in [-0.39, 0.29) is 18.0 Å². The quantitative estimate of drug-likeness (QED) is 0.637. The molecule has 0 unspecified atom stereocenters. The Morgan fingerprint density at radius 1 is 1.38 bits per heavy atom. The van der Waals surface area contributed by atoms with Crippen molar-refractivity contribution >= 4 is 15.7 Å². The number of alkyl halides is 2. The summed E-state index contributed by atoms with van der Waals surface area (Å²) in [6.07, 6.45) is 1.00. The first-order valence-electron chi connectivity index (χ1n) is 6.50. The number of pyridine rings is 1. The Hall–Kier alpha value is -1.32. The molecule has 0 saturated heterocycles. The molecule has 0 radical (unpaired) electrons. The summed E-state index contributed by atoms with van der Waals surface area (Å²) < 4.78 is 54.8. The molecule has 0 aromatic carbocycles. The van der Waals surface area contributed by atoms with Crippen LogP contribution in [0.2, 0.25) is 0 Å². The van der Waals surface area contributed by atoms with Gasteiger partial charge in [-0.3, -0.25) is 4.98 Å². The van der Waals surface area contributed by atoms with Gasteiger partial charge in [0.1, 0.15) is 11.5 Å². The normalized spacial score (nSPS) is 11.8. The van der Waals surface area contributed by atoms with Crippen molar-refractivity contribution in [2.75, 3.05) is 31.6 Å². The summed E-state index contributed by atoms with van der Waals surface area (Å²) in [6.45, 7) is 1.67. The smallest absolute Gasteiger partial charge is 0.261 e. The van der Waals surface area contributed by atoms with Crippen LogP contribution in [0.25, 0.3) is 0 Å². The molecule has 0 fully saturated rings. The van der Waals surface area contributed by atoms with Gasteiger partial charge in [-0.1, -0.05) is 6.92 Å². The topological polar surface area (TPSA) is 80.3 Å². The summed E-state index contributed by atoms with van der Waals surface area (Å²) in [5.41, 5.74) is 0.452. The first kappa shape index (κ1) is 17.7. The minimum atomic E-state index is -3.76. The molecule has 0 aliphatic heterocycles. The third-order valence-corrected chi connectivity index (χ3v) is 3.91. The molecule has 0 saturated carbocycles. The summed E-state index contributed by atoms with van der Waals surface area (Å²) in [4.78, 5) is 3.82. The zero-order valence-electron chi connectivity index (χ0n) is 11.7. The first-order chi connectivity index (χ1) is 9.97. The molecule has 120 valence electrons. The van der Waals surface area contributed by atoms with Crippen LogP contribution in [-0.2, 0) is 14.8 Å². The second kappa shape index (κ2) is 8.85. The highest BCUT2D eigenvalue weighted by Crippen LogP contribution is 2.19. The van der Waals surface area contributed by atoms with Gasteiger partial charge in [0.05, 0.1) is 12.3 Å². The van der Waals surface area contributed by atoms with Crippen LogP contribution in [0, 0.1) is 0 Å². The molecule has 1 rings (SSSR count). The van der Waals surface area contributed by atoms with Crippen LogP contribution < -0.4 is 10.0 Å². The van der Waals surface area contributed by atoms with Crippen LogP contribution in [0.5, 0.6) is 0 Å². The third-order valence-electron chi connectivity index (χ3n) is 2.42. The zero-order chi connectivity index (χ0) is 15.7. The van der Waals surface area contributed by atoms with Crippen molar-refractivity contribution < 1.29 is 21.9 Å². The van der Waals surface area contributed by atoms with E-state index < -0.39 is 23.1 Å². The average Bonchev–Trinajstić information content (AvgIpc) is 2.44. The number of rotatable bonds is 10. The highest BCUT2D eigenvalue weighted by molar-refractivity contribution is 7.89. The van der Waals surface area contributed by atoms with Crippen LogP contribution in [-0.4, -0.2) is 46.1 Å². The average molecular weight is 323 g/mol. The Morgan fingerprint density at radius 2 is 2.14 bits per heavy atom. The van der Waals surface area contributed by atoms with E-state index in [0.717, 1.165) is 6.42 Å². The fourth-order valence-corrected chi connectivity index (χ4v) is 2.64. The maximum Gasteiger partial charge on any atom is 0.261 e. The number of anilines is 1. The minimum Gasteiger partial charge on any atom is -0.384 e. The lowest BCUT2D eigenvalue weighted by Crippen LogP contribution is -2.28. The van der Waals surface area contributed by atoms with Gasteiger partial charge in [0.25, 0.3) is 6.43 Å². The first-order valence-corrected chi connectivity index (χ1v) is 7.99. The fraction of sp³-hybridized carbons (Fsp3) is 0.583. The minimum absolute atomic E-state index is 0.0207. The van der Waals surface area contributed by atoms with Gasteiger partial charge >= 0.3 is 0 Å². The molecule has 1 aromatic heterocycles. The number of hydrogen-bond donors (Lipinski definition) is 2. The van der Waals surface area contributed by atoms with Gasteiger partial charge in [-0.15, -0.1) is 0 Å². The van der Waals surface area contributed by atoms with E-state index in [1.54, 1.807) is 6.07 Å². The van der Waals surface area contributed by atoms with E-state index in [2.05, 4.69) is 19.8 Å². The van der Waals surface area contributed by atoms with Gasteiger partial charge < -0.3 is 10.1 Å². The predicted octanol–water partition coefficient (Wildman–Crippen LogP) is 1.46. The molecule has 0 aliphatic rings. The predicted molar refractivity (Wildman–Crippen MR) is 75.0 cm³/mol.